The number of rotatable bonds is 7. The highest BCUT2D eigenvalue weighted by Crippen LogP contribution is 2.19. The first-order valence-electron chi connectivity index (χ1n) is 9.13. The number of hydrogen-bond acceptors (Lipinski definition) is 3. The van der Waals surface area contributed by atoms with Crippen LogP contribution < -0.4 is 16.0 Å². The van der Waals surface area contributed by atoms with Crippen LogP contribution in [-0.2, 0) is 11.2 Å². The molecular weight excluding hydrogens is 486 g/mol. The molecule has 0 bridgehead atoms. The Morgan fingerprint density at radius 3 is 2.90 bits per heavy atom. The highest BCUT2D eigenvalue weighted by atomic mass is 127. The Kier molecular flexibility index (Phi) is 8.84. The van der Waals surface area contributed by atoms with Gasteiger partial charge < -0.3 is 20.9 Å². The normalized spacial score (nSPS) is 11.0. The number of nitrogens with one attached hydrogen (secondary N) is 4. The monoisotopic (exact) mass is 510 g/mol. The van der Waals surface area contributed by atoms with Gasteiger partial charge in [-0.1, -0.05) is 0 Å². The highest BCUT2D eigenvalue weighted by molar-refractivity contribution is 14.0. The van der Waals surface area contributed by atoms with Crippen LogP contribution in [0.25, 0.3) is 10.9 Å². The molecule has 2 aromatic heterocycles. The number of aromatic amines is 1. The topological polar surface area (TPSA) is 94.2 Å². The second-order valence-electron chi connectivity index (χ2n) is 6.17. The summed E-state index contributed by atoms with van der Waals surface area (Å²) in [5, 5.41) is 9.92. The van der Waals surface area contributed by atoms with Crippen molar-refractivity contribution in [3.05, 3.63) is 60.3 Å². The minimum absolute atomic E-state index is 0. The van der Waals surface area contributed by atoms with E-state index in [0.29, 0.717) is 31.2 Å². The number of fused-ring (bicyclic) bond motifs is 1. The fourth-order valence-corrected chi connectivity index (χ4v) is 2.80. The van der Waals surface area contributed by atoms with Gasteiger partial charge >= 0.3 is 0 Å². The van der Waals surface area contributed by atoms with Gasteiger partial charge in [-0.2, -0.15) is 0 Å². The molecule has 0 atom stereocenters. The molecule has 0 aliphatic heterocycles. The Morgan fingerprint density at radius 2 is 2.14 bits per heavy atom. The van der Waals surface area contributed by atoms with Crippen LogP contribution in [0.15, 0.2) is 53.9 Å². The lowest BCUT2D eigenvalue weighted by Crippen LogP contribution is -2.39. The van der Waals surface area contributed by atoms with Crippen molar-refractivity contribution >= 4 is 52.4 Å². The number of carbonyl (C=O) groups excluding carboxylic acids is 1. The Hall–Kier alpha value is -2.69. The van der Waals surface area contributed by atoms with Crippen LogP contribution in [0.5, 0.6) is 0 Å². The molecule has 2 heterocycles. The van der Waals surface area contributed by atoms with E-state index >= 15 is 0 Å². The number of pyridine rings is 1. The molecule has 1 aromatic carbocycles. The fourth-order valence-electron chi connectivity index (χ4n) is 2.80. The maximum atomic E-state index is 13.5. The van der Waals surface area contributed by atoms with Gasteiger partial charge in [0.05, 0.1) is 11.9 Å². The summed E-state index contributed by atoms with van der Waals surface area (Å²) in [7, 11) is 0. The molecular formula is C20H24FIN6O. The molecule has 3 rings (SSSR count). The molecule has 0 aliphatic carbocycles. The number of anilines is 1. The van der Waals surface area contributed by atoms with Gasteiger partial charge in [0.25, 0.3) is 0 Å². The van der Waals surface area contributed by atoms with Crippen molar-refractivity contribution in [2.45, 2.75) is 13.3 Å². The van der Waals surface area contributed by atoms with Gasteiger partial charge in [0.2, 0.25) is 5.91 Å². The molecule has 0 aliphatic rings. The Bertz CT molecular complexity index is 960. The van der Waals surface area contributed by atoms with Gasteiger partial charge in [-0.3, -0.25) is 9.78 Å². The van der Waals surface area contributed by atoms with Gasteiger partial charge in [0.15, 0.2) is 5.96 Å². The molecule has 0 spiro atoms. The van der Waals surface area contributed by atoms with Crippen molar-refractivity contribution in [3.63, 3.8) is 0 Å². The second kappa shape index (κ2) is 11.3. The third-order valence-corrected chi connectivity index (χ3v) is 4.09. The van der Waals surface area contributed by atoms with Crippen LogP contribution in [0, 0.1) is 5.82 Å². The Labute approximate surface area is 185 Å². The second-order valence-corrected chi connectivity index (χ2v) is 6.17. The van der Waals surface area contributed by atoms with Gasteiger partial charge in [-0.25, -0.2) is 9.38 Å². The summed E-state index contributed by atoms with van der Waals surface area (Å²) in [6.45, 7) is 3.21. The summed E-state index contributed by atoms with van der Waals surface area (Å²) in [5.74, 6) is 0.0722. The average molecular weight is 510 g/mol. The zero-order valence-corrected chi connectivity index (χ0v) is 18.4. The summed E-state index contributed by atoms with van der Waals surface area (Å²) in [4.78, 5) is 23.4. The minimum atomic E-state index is -0.254. The van der Waals surface area contributed by atoms with Crippen LogP contribution >= 0.6 is 24.0 Å². The van der Waals surface area contributed by atoms with Crippen LogP contribution in [-0.4, -0.2) is 41.5 Å². The standard InChI is InChI=1S/C20H23FN6O.HI/c1-2-23-20(26-13-19(28)27-16-4-3-8-22-12-16)24-9-7-14-11-25-18-6-5-15(21)10-17(14)18;/h3-6,8,10-12,25H,2,7,9,13H2,1H3,(H,27,28)(H2,23,24,26);1H. The van der Waals surface area contributed by atoms with E-state index in [2.05, 4.69) is 30.9 Å². The molecule has 1 amide bonds. The number of hydrogen-bond donors (Lipinski definition) is 4. The number of nitrogens with zero attached hydrogens (tertiary/aromatic N) is 2. The number of aliphatic imine (C=N–C) groups is 1. The Balaban J connectivity index is 0.00000300. The van der Waals surface area contributed by atoms with E-state index in [1.54, 1.807) is 30.6 Å². The number of aromatic nitrogens is 2. The fraction of sp³-hybridized carbons (Fsp3) is 0.250. The van der Waals surface area contributed by atoms with Crippen molar-refractivity contribution < 1.29 is 9.18 Å². The van der Waals surface area contributed by atoms with E-state index in [1.807, 2.05) is 13.1 Å². The summed E-state index contributed by atoms with van der Waals surface area (Å²) >= 11 is 0. The third-order valence-electron chi connectivity index (χ3n) is 4.09. The van der Waals surface area contributed by atoms with E-state index in [9.17, 15) is 9.18 Å². The molecule has 7 nitrogen and oxygen atoms in total. The molecule has 0 saturated carbocycles. The minimum Gasteiger partial charge on any atom is -0.361 e. The first-order chi connectivity index (χ1) is 13.7. The maximum Gasteiger partial charge on any atom is 0.246 e. The van der Waals surface area contributed by atoms with E-state index < -0.39 is 0 Å². The number of halogens is 2. The molecule has 3 aromatic rings. The highest BCUT2D eigenvalue weighted by Gasteiger charge is 2.06. The predicted octanol–water partition coefficient (Wildman–Crippen LogP) is 3.06. The summed E-state index contributed by atoms with van der Waals surface area (Å²) in [6, 6.07) is 8.22. The van der Waals surface area contributed by atoms with E-state index in [4.69, 9.17) is 0 Å². The van der Waals surface area contributed by atoms with Gasteiger partial charge in [-0.15, -0.1) is 24.0 Å². The SMILES string of the molecule is CCNC(=NCC(=O)Nc1cccnc1)NCCc1c[nH]c2ccc(F)cc12.I. The molecule has 0 fully saturated rings. The van der Waals surface area contributed by atoms with Crippen molar-refractivity contribution in [2.24, 2.45) is 4.99 Å². The number of H-pyrrole nitrogens is 1. The van der Waals surface area contributed by atoms with Crippen molar-refractivity contribution in [1.29, 1.82) is 0 Å². The van der Waals surface area contributed by atoms with Crippen LogP contribution in [0.4, 0.5) is 10.1 Å². The summed E-state index contributed by atoms with van der Waals surface area (Å²) in [5.41, 5.74) is 2.56. The number of benzene rings is 1. The lowest BCUT2D eigenvalue weighted by molar-refractivity contribution is -0.114. The van der Waals surface area contributed by atoms with Gasteiger partial charge in [0, 0.05) is 36.4 Å². The van der Waals surface area contributed by atoms with Gasteiger partial charge in [-0.05, 0) is 49.2 Å². The average Bonchev–Trinajstić information content (AvgIpc) is 3.09. The van der Waals surface area contributed by atoms with Crippen molar-refractivity contribution in [1.82, 2.24) is 20.6 Å². The first kappa shape index (κ1) is 22.6. The third kappa shape index (κ3) is 6.70. The summed E-state index contributed by atoms with van der Waals surface area (Å²) < 4.78 is 13.5. The van der Waals surface area contributed by atoms with E-state index in [-0.39, 0.29) is 42.2 Å². The van der Waals surface area contributed by atoms with E-state index in [0.717, 1.165) is 16.5 Å². The zero-order chi connectivity index (χ0) is 19.8. The quantitative estimate of drug-likeness (QED) is 0.223. The van der Waals surface area contributed by atoms with E-state index in [1.165, 1.54) is 12.1 Å². The van der Waals surface area contributed by atoms with Crippen LogP contribution in [0.1, 0.15) is 12.5 Å². The lowest BCUT2D eigenvalue weighted by Gasteiger charge is -2.11. The molecule has 9 heteroatoms. The molecule has 29 heavy (non-hydrogen) atoms. The largest absolute Gasteiger partial charge is 0.361 e. The first-order valence-corrected chi connectivity index (χ1v) is 9.13. The molecule has 0 saturated heterocycles. The lowest BCUT2D eigenvalue weighted by atomic mass is 10.1. The van der Waals surface area contributed by atoms with Gasteiger partial charge in [0.1, 0.15) is 12.4 Å². The predicted molar refractivity (Wildman–Crippen MR) is 124 cm³/mol. The van der Waals surface area contributed by atoms with Crippen LogP contribution in [0.3, 0.4) is 0 Å². The van der Waals surface area contributed by atoms with Crippen molar-refractivity contribution in [3.8, 4) is 0 Å². The van der Waals surface area contributed by atoms with Crippen LogP contribution in [0.2, 0.25) is 0 Å². The molecule has 0 radical (unpaired) electrons. The maximum absolute atomic E-state index is 13.5. The molecule has 0 unspecified atom stereocenters. The molecule has 4 N–H and O–H groups in total. The number of guanidine groups is 1. The number of amides is 1. The Morgan fingerprint density at radius 1 is 1.28 bits per heavy atom. The molecule has 154 valence electrons. The summed E-state index contributed by atoms with van der Waals surface area (Å²) in [6.07, 6.45) is 5.80. The smallest absolute Gasteiger partial charge is 0.246 e. The zero-order valence-electron chi connectivity index (χ0n) is 16.0. The van der Waals surface area contributed by atoms with Crippen molar-refractivity contribution in [2.75, 3.05) is 25.0 Å². The number of carbonyl (C=O) groups is 1.